The van der Waals surface area contributed by atoms with Crippen LogP contribution < -0.4 is 50.8 Å². The summed E-state index contributed by atoms with van der Waals surface area (Å²) in [6.07, 6.45) is 0. The Hall–Kier alpha value is -4.14. The van der Waals surface area contributed by atoms with E-state index in [-0.39, 0.29) is 30.2 Å². The van der Waals surface area contributed by atoms with Crippen molar-refractivity contribution in [3.05, 3.63) is 145 Å². The smallest absolute Gasteiger partial charge is 0.744 e. The van der Waals surface area contributed by atoms with Crippen LogP contribution >= 0.6 is 15.8 Å². The summed E-state index contributed by atoms with van der Waals surface area (Å²) in [6, 6.07) is 39.2. The summed E-state index contributed by atoms with van der Waals surface area (Å²) >= 11 is 0. The molecule has 0 heterocycles. The van der Waals surface area contributed by atoms with Crippen LogP contribution in [0.15, 0.2) is 143 Å². The van der Waals surface area contributed by atoms with Gasteiger partial charge in [-0.25, -0.2) is 16.8 Å². The number of hydrogen-bond donors (Lipinski definition) is 0. The zero-order chi connectivity index (χ0) is 40.6. The van der Waals surface area contributed by atoms with Gasteiger partial charge in [-0.15, -0.1) is 0 Å². The molecule has 0 saturated heterocycles. The first-order valence-corrected chi connectivity index (χ1v) is 22.5. The maximum atomic E-state index is 12.0. The topological polar surface area (TPSA) is 151 Å². The van der Waals surface area contributed by atoms with Crippen LogP contribution in [0.3, 0.4) is 0 Å². The molecule has 0 saturated carbocycles. The third-order valence-corrected chi connectivity index (χ3v) is 15.8. The third kappa shape index (κ3) is 10.7. The number of aryl methyl sites for hydroxylation is 2. The molecule has 0 amide bonds. The summed E-state index contributed by atoms with van der Waals surface area (Å²) < 4.78 is 94.4. The molecule has 6 aromatic rings. The van der Waals surface area contributed by atoms with E-state index in [1.807, 2.05) is 111 Å². The molecule has 0 aliphatic rings. The van der Waals surface area contributed by atoms with Crippen LogP contribution in [0.4, 0.5) is 0 Å². The number of para-hydroxylation sites is 4. The molecule has 0 unspecified atom stereocenters. The molecule has 0 spiro atoms. The normalized spacial score (nSPS) is 11.3. The molecule has 300 valence electrons. The monoisotopic (exact) mass is 936 g/mol. The van der Waals surface area contributed by atoms with Crippen LogP contribution in [-0.4, -0.2) is 54.4 Å². The minimum atomic E-state index is -4.67. The molecule has 0 radical (unpaired) electrons. The van der Waals surface area contributed by atoms with Crippen LogP contribution in [0.1, 0.15) is 11.1 Å². The van der Waals surface area contributed by atoms with Gasteiger partial charge in [-0.05, 0) is 78.2 Å². The van der Waals surface area contributed by atoms with Gasteiger partial charge < -0.3 is 28.1 Å². The van der Waals surface area contributed by atoms with Gasteiger partial charge >= 0.3 is 20.4 Å². The van der Waals surface area contributed by atoms with Gasteiger partial charge in [0.25, 0.3) is 0 Å². The standard InChI is InChI=1S/2C21H21O5PS.Pd/c2*1-15-12-13-21(28(22,23)24)20(14-15)27(18-10-6-4-8-16(18)25-2)19-11-7-5-9-17(19)26-3;/h2*4-14H,1-3H3,(H,22,23,24);/q;;+2/p-2. The average molecular weight is 937 g/mol. The Morgan fingerprint density at radius 2 is 0.649 bits per heavy atom. The van der Waals surface area contributed by atoms with Gasteiger partial charge in [0.2, 0.25) is 0 Å². The minimum absolute atomic E-state index is 0. The van der Waals surface area contributed by atoms with Crippen LogP contribution in [0.2, 0.25) is 0 Å². The van der Waals surface area contributed by atoms with E-state index in [1.165, 1.54) is 12.1 Å². The zero-order valence-electron chi connectivity index (χ0n) is 31.8. The van der Waals surface area contributed by atoms with Crippen molar-refractivity contribution in [1.29, 1.82) is 0 Å². The summed E-state index contributed by atoms with van der Waals surface area (Å²) in [5.74, 6) is 2.48. The predicted octanol–water partition coefficient (Wildman–Crippen LogP) is 5.35. The number of benzene rings is 6. The molecule has 0 bridgehead atoms. The summed E-state index contributed by atoms with van der Waals surface area (Å²) in [7, 11) is -5.93. The van der Waals surface area contributed by atoms with Crippen LogP contribution in [0.5, 0.6) is 23.0 Å². The largest absolute Gasteiger partial charge is 2.00 e. The molecule has 0 aliphatic carbocycles. The number of rotatable bonds is 12. The molecule has 6 aromatic carbocycles. The van der Waals surface area contributed by atoms with E-state index in [1.54, 1.807) is 52.7 Å². The molecule has 0 aliphatic heterocycles. The van der Waals surface area contributed by atoms with E-state index in [4.69, 9.17) is 18.9 Å². The Kier molecular flexibility index (Phi) is 16.0. The summed E-state index contributed by atoms with van der Waals surface area (Å²) in [4.78, 5) is -0.443. The molecule has 6 rings (SSSR count). The van der Waals surface area contributed by atoms with Crippen molar-refractivity contribution in [2.45, 2.75) is 23.6 Å². The second kappa shape index (κ2) is 20.0. The van der Waals surface area contributed by atoms with E-state index in [0.717, 1.165) is 32.3 Å². The molecule has 15 heteroatoms. The quantitative estimate of drug-likeness (QED) is 0.0894. The van der Waals surface area contributed by atoms with Crippen LogP contribution in [-0.2, 0) is 40.7 Å². The van der Waals surface area contributed by atoms with Gasteiger partial charge in [0.1, 0.15) is 43.2 Å². The Labute approximate surface area is 350 Å². The van der Waals surface area contributed by atoms with Gasteiger partial charge in [-0.2, -0.15) is 0 Å². The molecule has 10 nitrogen and oxygen atoms in total. The average Bonchev–Trinajstić information content (AvgIpc) is 3.18. The number of ether oxygens (including phenoxy) is 4. The van der Waals surface area contributed by atoms with E-state index >= 15 is 0 Å². The van der Waals surface area contributed by atoms with Crippen molar-refractivity contribution in [3.63, 3.8) is 0 Å². The summed E-state index contributed by atoms with van der Waals surface area (Å²) in [6.45, 7) is 3.73. The maximum absolute atomic E-state index is 12.0. The fourth-order valence-corrected chi connectivity index (χ4v) is 13.7. The van der Waals surface area contributed by atoms with E-state index in [2.05, 4.69) is 0 Å². The van der Waals surface area contributed by atoms with Crippen molar-refractivity contribution >= 4 is 67.9 Å². The molecule has 57 heavy (non-hydrogen) atoms. The molecule has 0 aromatic heterocycles. The fraction of sp³-hybridized carbons (Fsp3) is 0.143. The molecular formula is C42H40O10P2PdS2. The van der Waals surface area contributed by atoms with Crippen molar-refractivity contribution in [2.24, 2.45) is 0 Å². The SMILES string of the molecule is COc1ccccc1P(c1ccccc1OC)c1cc(C)ccc1S(=O)(=O)[O-].COc1ccccc1P(c1ccccc1OC)c1cc(C)ccc1S(=O)(=O)[O-].[Pd+2]. The van der Waals surface area contributed by atoms with Crippen molar-refractivity contribution in [3.8, 4) is 23.0 Å². The van der Waals surface area contributed by atoms with E-state index in [9.17, 15) is 25.9 Å². The van der Waals surface area contributed by atoms with E-state index in [0.29, 0.717) is 33.6 Å². The van der Waals surface area contributed by atoms with Gasteiger partial charge in [-0.3, -0.25) is 0 Å². The number of methoxy groups -OCH3 is 4. The molecule has 0 N–H and O–H groups in total. The first kappa shape index (κ1) is 45.6. The first-order chi connectivity index (χ1) is 26.7. The van der Waals surface area contributed by atoms with Gasteiger partial charge in [0.05, 0.1) is 38.2 Å². The summed E-state index contributed by atoms with van der Waals surface area (Å²) in [5.41, 5.74) is 1.72. The van der Waals surface area contributed by atoms with Crippen molar-refractivity contribution in [1.82, 2.24) is 0 Å². The Morgan fingerprint density at radius 3 is 0.877 bits per heavy atom. The van der Waals surface area contributed by atoms with E-state index < -0.39 is 36.1 Å². The van der Waals surface area contributed by atoms with Gasteiger partial charge in [-0.1, -0.05) is 96.1 Å². The Bertz CT molecular complexity index is 2280. The van der Waals surface area contributed by atoms with Crippen LogP contribution in [0, 0.1) is 13.8 Å². The van der Waals surface area contributed by atoms with Crippen molar-refractivity contribution < 1.29 is 65.3 Å². The second-order valence-corrected chi connectivity index (χ2v) is 19.1. The minimum Gasteiger partial charge on any atom is -0.744 e. The first-order valence-electron chi connectivity index (χ1n) is 17.0. The molecule has 0 atom stereocenters. The number of hydrogen-bond acceptors (Lipinski definition) is 10. The van der Waals surface area contributed by atoms with Crippen LogP contribution in [0.25, 0.3) is 0 Å². The fourth-order valence-electron chi connectivity index (χ4n) is 6.06. The van der Waals surface area contributed by atoms with Gasteiger partial charge in [0.15, 0.2) is 0 Å². The maximum Gasteiger partial charge on any atom is 2.00 e. The Balaban J connectivity index is 0.000000248. The van der Waals surface area contributed by atoms with Gasteiger partial charge in [0, 0.05) is 31.8 Å². The van der Waals surface area contributed by atoms with Crippen molar-refractivity contribution in [2.75, 3.05) is 28.4 Å². The predicted molar refractivity (Wildman–Crippen MR) is 222 cm³/mol. The molecule has 0 fully saturated rings. The Morgan fingerprint density at radius 1 is 0.404 bits per heavy atom. The third-order valence-electron chi connectivity index (χ3n) is 8.55. The zero-order valence-corrected chi connectivity index (χ0v) is 36.8. The summed E-state index contributed by atoms with van der Waals surface area (Å²) in [5, 5.41) is 4.14. The second-order valence-electron chi connectivity index (χ2n) is 12.2. The molecular weight excluding hydrogens is 897 g/mol.